The second-order valence-electron chi connectivity index (χ2n) is 13.9. The molecule has 0 heterocycles. The van der Waals surface area contributed by atoms with Crippen LogP contribution in [0.1, 0.15) is 41.7 Å². The minimum Gasteiger partial charge on any atom is -0.398 e. The maximum absolute atomic E-state index is 6.70. The molecule has 0 aliphatic carbocycles. The summed E-state index contributed by atoms with van der Waals surface area (Å²) in [6, 6.07) is 53.7. The Labute approximate surface area is 331 Å². The maximum Gasteiger partial charge on any atom is 0.0393 e. The molecule has 0 aliphatic heterocycles. The highest BCUT2D eigenvalue weighted by Crippen LogP contribution is 2.30. The molecule has 0 radical (unpaired) electrons. The number of benzene rings is 7. The molecule has 1 nitrogen and oxygen atoms in total. The van der Waals surface area contributed by atoms with Crippen molar-refractivity contribution in [2.45, 2.75) is 20.3 Å². The van der Waals surface area contributed by atoms with Crippen LogP contribution in [0.5, 0.6) is 0 Å². The maximum atomic E-state index is 6.70. The number of nitrogens with two attached hydrogens (primary N) is 1. The summed E-state index contributed by atoms with van der Waals surface area (Å²) < 4.78 is 0. The van der Waals surface area contributed by atoms with Crippen molar-refractivity contribution in [3.63, 3.8) is 0 Å². The first kappa shape index (κ1) is 37.4. The zero-order valence-corrected chi connectivity index (χ0v) is 32.3. The normalized spacial score (nSPS) is 13.2. The van der Waals surface area contributed by atoms with Gasteiger partial charge in [-0.05, 0) is 138 Å². The van der Waals surface area contributed by atoms with E-state index in [1.54, 1.807) is 0 Å². The summed E-state index contributed by atoms with van der Waals surface area (Å²) in [5, 5.41) is 6.89. The lowest BCUT2D eigenvalue weighted by atomic mass is 9.92. The van der Waals surface area contributed by atoms with Gasteiger partial charge in [0.1, 0.15) is 0 Å². The summed E-state index contributed by atoms with van der Waals surface area (Å²) in [6.45, 7) is 12.8. The van der Waals surface area contributed by atoms with Crippen LogP contribution in [0.2, 0.25) is 0 Å². The molecular weight excluding hydrogens is 675 g/mol. The average Bonchev–Trinajstić information content (AvgIpc) is 3.25. The van der Waals surface area contributed by atoms with Crippen LogP contribution in [-0.2, 0) is 6.42 Å². The summed E-state index contributed by atoms with van der Waals surface area (Å²) in [6.07, 6.45) is 17.8. The zero-order valence-electron chi connectivity index (χ0n) is 32.3. The molecule has 0 bridgehead atoms. The first-order chi connectivity index (χ1) is 27.5. The minimum atomic E-state index is 0.736. The van der Waals surface area contributed by atoms with Crippen molar-refractivity contribution in [3.05, 3.63) is 239 Å². The van der Waals surface area contributed by atoms with Gasteiger partial charge in [0.05, 0.1) is 0 Å². The second-order valence-corrected chi connectivity index (χ2v) is 13.9. The molecule has 0 saturated carbocycles. The third-order valence-electron chi connectivity index (χ3n) is 10.3. The first-order valence-electron chi connectivity index (χ1n) is 19.2. The molecule has 7 aromatic rings. The van der Waals surface area contributed by atoms with Crippen molar-refractivity contribution < 1.29 is 0 Å². The number of hydrogen-bond acceptors (Lipinski definition) is 1. The summed E-state index contributed by atoms with van der Waals surface area (Å²) in [5.74, 6) is 0. The Hall–Kier alpha value is -6.96. The van der Waals surface area contributed by atoms with Crippen molar-refractivity contribution in [1.82, 2.24) is 0 Å². The summed E-state index contributed by atoms with van der Waals surface area (Å²) in [4.78, 5) is 0. The van der Waals surface area contributed by atoms with Crippen molar-refractivity contribution in [2.75, 3.05) is 0 Å². The number of rotatable bonds is 11. The van der Waals surface area contributed by atoms with Gasteiger partial charge < -0.3 is 5.73 Å². The van der Waals surface area contributed by atoms with Crippen LogP contribution in [-0.4, -0.2) is 0 Å². The van der Waals surface area contributed by atoms with E-state index >= 15 is 0 Å². The Morgan fingerprint density at radius 1 is 0.571 bits per heavy atom. The van der Waals surface area contributed by atoms with Crippen LogP contribution in [0.4, 0.5) is 0 Å². The molecule has 0 unspecified atom stereocenters. The summed E-state index contributed by atoms with van der Waals surface area (Å²) in [5.41, 5.74) is 18.8. The van der Waals surface area contributed by atoms with Gasteiger partial charge in [0.25, 0.3) is 0 Å². The lowest BCUT2D eigenvalue weighted by Crippen LogP contribution is -2.25. The van der Waals surface area contributed by atoms with E-state index in [-0.39, 0.29) is 0 Å². The summed E-state index contributed by atoms with van der Waals surface area (Å²) >= 11 is 0. The van der Waals surface area contributed by atoms with Crippen LogP contribution in [0, 0.1) is 0 Å². The quantitative estimate of drug-likeness (QED) is 0.104. The lowest BCUT2D eigenvalue weighted by molar-refractivity contribution is 1.27. The Morgan fingerprint density at radius 3 is 1.84 bits per heavy atom. The van der Waals surface area contributed by atoms with Gasteiger partial charge in [-0.3, -0.25) is 0 Å². The monoisotopic (exact) mass is 721 g/mol. The molecule has 2 N–H and O–H groups in total. The van der Waals surface area contributed by atoms with Crippen LogP contribution in [0.15, 0.2) is 201 Å². The van der Waals surface area contributed by atoms with E-state index in [0.29, 0.717) is 0 Å². The largest absolute Gasteiger partial charge is 0.398 e. The fourth-order valence-corrected chi connectivity index (χ4v) is 7.42. The van der Waals surface area contributed by atoms with E-state index < -0.39 is 0 Å². The third-order valence-corrected chi connectivity index (χ3v) is 10.3. The molecule has 0 atom stereocenters. The Morgan fingerprint density at radius 2 is 1.18 bits per heavy atom. The third kappa shape index (κ3) is 8.23. The number of allylic oxidation sites excluding steroid dienone is 10. The molecule has 1 heteroatoms. The van der Waals surface area contributed by atoms with Gasteiger partial charge in [-0.25, -0.2) is 0 Å². The molecule has 0 saturated heterocycles. The minimum absolute atomic E-state index is 0.736. The highest BCUT2D eigenvalue weighted by molar-refractivity contribution is 6.10. The summed E-state index contributed by atoms with van der Waals surface area (Å²) in [7, 11) is 0. The van der Waals surface area contributed by atoms with Crippen LogP contribution >= 0.6 is 0 Å². The molecule has 272 valence electrons. The molecule has 0 fully saturated rings. The van der Waals surface area contributed by atoms with E-state index in [1.807, 2.05) is 31.2 Å². The molecular formula is C55H47N. The van der Waals surface area contributed by atoms with Crippen molar-refractivity contribution >= 4 is 56.6 Å². The Kier molecular flexibility index (Phi) is 11.6. The zero-order chi connectivity index (χ0) is 38.9. The molecule has 0 spiro atoms. The molecule has 0 aliphatic rings. The van der Waals surface area contributed by atoms with Gasteiger partial charge >= 0.3 is 0 Å². The van der Waals surface area contributed by atoms with E-state index in [1.165, 1.54) is 21.7 Å². The number of fused-ring (bicyclic) bond motifs is 3. The van der Waals surface area contributed by atoms with Crippen LogP contribution < -0.4 is 16.2 Å². The van der Waals surface area contributed by atoms with Gasteiger partial charge in [-0.15, -0.1) is 0 Å². The lowest BCUT2D eigenvalue weighted by Gasteiger charge is -2.12. The average molecular weight is 722 g/mol. The standard InChI is InChI=1S/C55H47N/c1-5-18-42(19-6-2)48-32-33-50-39(4)53(51-28-14-15-29-52(51)54(50)37-48)36-41(7-3)44-24-16-25-45(34-44)46-26-17-27-47(35-46)49(31-30-40-20-10-8-11-21-40)38-55(56)43-22-12-9-13-23-43/h5-29,31-38H,1,4,30,56H2,2-3H3/b19-6-,41-7+,42-18+,49-31+,53-36+,55-38-. The Balaban J connectivity index is 1.29. The van der Waals surface area contributed by atoms with Gasteiger partial charge in [0.2, 0.25) is 0 Å². The van der Waals surface area contributed by atoms with Crippen molar-refractivity contribution in [2.24, 2.45) is 5.73 Å². The predicted octanol–water partition coefficient (Wildman–Crippen LogP) is 12.7. The molecule has 7 aromatic carbocycles. The highest BCUT2D eigenvalue weighted by Gasteiger charge is 2.10. The molecule has 56 heavy (non-hydrogen) atoms. The van der Waals surface area contributed by atoms with Crippen LogP contribution in [0.3, 0.4) is 0 Å². The number of hydrogen-bond donors (Lipinski definition) is 1. The second kappa shape index (κ2) is 17.5. The van der Waals surface area contributed by atoms with E-state index in [0.717, 1.165) is 78.0 Å². The van der Waals surface area contributed by atoms with Gasteiger partial charge in [0, 0.05) is 5.70 Å². The van der Waals surface area contributed by atoms with Gasteiger partial charge in [0.15, 0.2) is 0 Å². The van der Waals surface area contributed by atoms with E-state index in [2.05, 4.69) is 196 Å². The van der Waals surface area contributed by atoms with Gasteiger partial charge in [-0.1, -0.05) is 183 Å². The highest BCUT2D eigenvalue weighted by atomic mass is 14.6. The van der Waals surface area contributed by atoms with Crippen molar-refractivity contribution in [3.8, 4) is 11.1 Å². The molecule has 7 rings (SSSR count). The Bertz CT molecular complexity index is 2810. The first-order valence-corrected chi connectivity index (χ1v) is 19.2. The fourth-order valence-electron chi connectivity index (χ4n) is 7.42. The molecule has 0 amide bonds. The van der Waals surface area contributed by atoms with Crippen molar-refractivity contribution in [1.29, 1.82) is 0 Å². The topological polar surface area (TPSA) is 26.0 Å². The van der Waals surface area contributed by atoms with Gasteiger partial charge in [-0.2, -0.15) is 0 Å². The molecule has 0 aromatic heterocycles. The fraction of sp³-hybridized carbons (Fsp3) is 0.0545. The smallest absolute Gasteiger partial charge is 0.0393 e. The van der Waals surface area contributed by atoms with E-state index in [9.17, 15) is 0 Å². The SMILES string of the molecule is C=C/C=C(\C=C/C)c1ccc2c(=C)/c(=C\C(=C/C)c3cccc(-c4cccc(C(/C=C(\N)c5ccccc5)=C/Cc5ccccc5)c4)c3)c3ccccc3c2c1. The predicted molar refractivity (Wildman–Crippen MR) is 246 cm³/mol. The van der Waals surface area contributed by atoms with Crippen LogP contribution in [0.25, 0.3) is 67.7 Å². The van der Waals surface area contributed by atoms with E-state index in [4.69, 9.17) is 5.73 Å².